The molecule has 78 valence electrons. The van der Waals surface area contributed by atoms with Crippen LogP contribution in [-0.4, -0.2) is 20.1 Å². The molecule has 0 aliphatic rings. The monoisotopic (exact) mass is 201 g/mol. The number of rotatable bonds is 4. The van der Waals surface area contributed by atoms with Gasteiger partial charge < -0.3 is 10.1 Å². The van der Waals surface area contributed by atoms with Crippen LogP contribution in [0.1, 0.15) is 5.56 Å². The Morgan fingerprint density at radius 2 is 2.07 bits per heavy atom. The lowest BCUT2D eigenvalue weighted by Gasteiger charge is -2.08. The summed E-state index contributed by atoms with van der Waals surface area (Å²) in [5.41, 5.74) is 1.83. The molecule has 0 heterocycles. The summed E-state index contributed by atoms with van der Waals surface area (Å²) >= 11 is 0. The van der Waals surface area contributed by atoms with Gasteiger partial charge in [-0.1, -0.05) is 0 Å². The minimum Gasteiger partial charge on any atom is -0.488 e. The number of benzene rings is 1. The van der Waals surface area contributed by atoms with E-state index in [4.69, 9.17) is 4.74 Å². The summed E-state index contributed by atoms with van der Waals surface area (Å²) in [5.74, 6) is 0.467. The molecule has 0 amide bonds. The maximum atomic E-state index is 11.9. The molecule has 1 aromatic rings. The number of aryl methyl sites for hydroxylation is 1. The molecule has 0 atom stereocenters. The second kappa shape index (κ2) is 4.79. The average molecular weight is 201 g/mol. The van der Waals surface area contributed by atoms with E-state index in [9.17, 15) is 8.78 Å². The highest BCUT2D eigenvalue weighted by molar-refractivity contribution is 5.50. The second-order valence-electron chi connectivity index (χ2n) is 2.99. The molecule has 0 radical (unpaired) electrons. The van der Waals surface area contributed by atoms with Gasteiger partial charge in [0.25, 0.3) is 6.43 Å². The van der Waals surface area contributed by atoms with Gasteiger partial charge in [-0.15, -0.1) is 0 Å². The molecule has 2 nitrogen and oxygen atoms in total. The fourth-order valence-electron chi connectivity index (χ4n) is 1.13. The molecule has 0 spiro atoms. The van der Waals surface area contributed by atoms with Crippen LogP contribution in [0.2, 0.25) is 0 Å². The Kier molecular flexibility index (Phi) is 3.68. The van der Waals surface area contributed by atoms with Gasteiger partial charge >= 0.3 is 0 Å². The summed E-state index contributed by atoms with van der Waals surface area (Å²) < 4.78 is 28.6. The molecule has 0 bridgehead atoms. The van der Waals surface area contributed by atoms with Gasteiger partial charge in [-0.25, -0.2) is 8.78 Å². The smallest absolute Gasteiger partial charge is 0.272 e. The van der Waals surface area contributed by atoms with Crippen molar-refractivity contribution in [2.45, 2.75) is 13.3 Å². The van der Waals surface area contributed by atoms with E-state index < -0.39 is 13.0 Å². The Morgan fingerprint density at radius 3 is 2.64 bits per heavy atom. The molecule has 0 fully saturated rings. The van der Waals surface area contributed by atoms with E-state index in [2.05, 4.69) is 5.32 Å². The molecular weight excluding hydrogens is 188 g/mol. The quantitative estimate of drug-likeness (QED) is 0.808. The van der Waals surface area contributed by atoms with Crippen molar-refractivity contribution < 1.29 is 13.5 Å². The summed E-state index contributed by atoms with van der Waals surface area (Å²) in [7, 11) is 1.77. The van der Waals surface area contributed by atoms with Crippen LogP contribution in [0.5, 0.6) is 5.75 Å². The minimum absolute atomic E-state index is 0.467. The Bertz CT molecular complexity index is 302. The van der Waals surface area contributed by atoms with Gasteiger partial charge in [0.1, 0.15) is 12.4 Å². The summed E-state index contributed by atoms with van der Waals surface area (Å²) in [6, 6.07) is 5.33. The molecule has 0 aliphatic carbocycles. The SMILES string of the molecule is CNc1cc(C)cc(OCC(F)F)c1. The van der Waals surface area contributed by atoms with Crippen molar-refractivity contribution >= 4 is 5.69 Å². The van der Waals surface area contributed by atoms with E-state index >= 15 is 0 Å². The first kappa shape index (κ1) is 10.8. The van der Waals surface area contributed by atoms with Crippen LogP contribution in [0, 0.1) is 6.92 Å². The first-order chi connectivity index (χ1) is 6.61. The van der Waals surface area contributed by atoms with Crippen molar-refractivity contribution in [3.05, 3.63) is 23.8 Å². The minimum atomic E-state index is -2.44. The van der Waals surface area contributed by atoms with Gasteiger partial charge in [0.05, 0.1) is 0 Å². The normalized spacial score (nSPS) is 10.4. The van der Waals surface area contributed by atoms with Crippen molar-refractivity contribution in [1.82, 2.24) is 0 Å². The Hall–Kier alpha value is -1.32. The van der Waals surface area contributed by atoms with Crippen molar-refractivity contribution in [2.75, 3.05) is 19.0 Å². The number of hydrogen-bond donors (Lipinski definition) is 1. The van der Waals surface area contributed by atoms with Gasteiger partial charge in [0, 0.05) is 18.8 Å². The van der Waals surface area contributed by atoms with Crippen LogP contribution in [0.4, 0.5) is 14.5 Å². The topological polar surface area (TPSA) is 21.3 Å². The molecule has 0 aromatic heterocycles. The number of hydrogen-bond acceptors (Lipinski definition) is 2. The average Bonchev–Trinajstić information content (AvgIpc) is 2.14. The number of anilines is 1. The van der Waals surface area contributed by atoms with Crippen molar-refractivity contribution in [1.29, 1.82) is 0 Å². The lowest BCUT2D eigenvalue weighted by molar-refractivity contribution is 0.0819. The van der Waals surface area contributed by atoms with Crippen LogP contribution in [0.15, 0.2) is 18.2 Å². The molecule has 14 heavy (non-hydrogen) atoms. The van der Waals surface area contributed by atoms with Crippen molar-refractivity contribution in [3.8, 4) is 5.75 Å². The largest absolute Gasteiger partial charge is 0.488 e. The first-order valence-corrected chi connectivity index (χ1v) is 4.32. The van der Waals surface area contributed by atoms with Crippen molar-refractivity contribution in [2.24, 2.45) is 0 Å². The molecule has 1 N–H and O–H groups in total. The summed E-state index contributed by atoms with van der Waals surface area (Å²) in [5, 5.41) is 2.93. The molecule has 4 heteroatoms. The molecule has 0 unspecified atom stereocenters. The van der Waals surface area contributed by atoms with Crippen LogP contribution in [-0.2, 0) is 0 Å². The van der Waals surface area contributed by atoms with Crippen LogP contribution < -0.4 is 10.1 Å². The Balaban J connectivity index is 2.71. The standard InChI is InChI=1S/C10H13F2NO/c1-7-3-8(13-2)5-9(4-7)14-6-10(11)12/h3-5,10,13H,6H2,1-2H3. The fourth-order valence-corrected chi connectivity index (χ4v) is 1.13. The molecular formula is C10H13F2NO. The van der Waals surface area contributed by atoms with E-state index in [1.165, 1.54) is 0 Å². The van der Waals surface area contributed by atoms with Crippen LogP contribution in [0.3, 0.4) is 0 Å². The third-order valence-corrected chi connectivity index (χ3v) is 1.72. The number of alkyl halides is 2. The fraction of sp³-hybridized carbons (Fsp3) is 0.400. The van der Waals surface area contributed by atoms with Gasteiger partial charge in [-0.05, 0) is 24.6 Å². The Labute approximate surface area is 81.9 Å². The number of ether oxygens (including phenoxy) is 1. The third-order valence-electron chi connectivity index (χ3n) is 1.72. The summed E-state index contributed by atoms with van der Waals surface area (Å²) in [6.45, 7) is 1.32. The maximum Gasteiger partial charge on any atom is 0.272 e. The zero-order chi connectivity index (χ0) is 10.6. The Morgan fingerprint density at radius 1 is 1.36 bits per heavy atom. The van der Waals surface area contributed by atoms with E-state index in [0.29, 0.717) is 5.75 Å². The lowest BCUT2D eigenvalue weighted by Crippen LogP contribution is -2.07. The zero-order valence-corrected chi connectivity index (χ0v) is 8.18. The first-order valence-electron chi connectivity index (χ1n) is 4.32. The zero-order valence-electron chi connectivity index (χ0n) is 8.18. The highest BCUT2D eigenvalue weighted by Gasteiger charge is 2.04. The molecule has 1 rings (SSSR count). The molecule has 1 aromatic carbocycles. The predicted octanol–water partition coefficient (Wildman–Crippen LogP) is 2.68. The predicted molar refractivity (Wildman–Crippen MR) is 52.2 cm³/mol. The van der Waals surface area contributed by atoms with E-state index in [1.807, 2.05) is 13.0 Å². The van der Waals surface area contributed by atoms with Crippen molar-refractivity contribution in [3.63, 3.8) is 0 Å². The van der Waals surface area contributed by atoms with E-state index in [-0.39, 0.29) is 0 Å². The summed E-state index contributed by atoms with van der Waals surface area (Å²) in [4.78, 5) is 0. The van der Waals surface area contributed by atoms with Gasteiger partial charge in [0.15, 0.2) is 0 Å². The lowest BCUT2D eigenvalue weighted by atomic mass is 10.2. The van der Waals surface area contributed by atoms with Gasteiger partial charge in [-0.2, -0.15) is 0 Å². The van der Waals surface area contributed by atoms with Gasteiger partial charge in [-0.3, -0.25) is 0 Å². The van der Waals surface area contributed by atoms with E-state index in [1.54, 1.807) is 19.2 Å². The maximum absolute atomic E-state index is 11.9. The second-order valence-corrected chi connectivity index (χ2v) is 2.99. The third kappa shape index (κ3) is 3.20. The molecule has 0 aliphatic heterocycles. The summed E-state index contributed by atoms with van der Waals surface area (Å²) in [6.07, 6.45) is -2.44. The number of halogens is 2. The van der Waals surface area contributed by atoms with Crippen LogP contribution in [0.25, 0.3) is 0 Å². The number of nitrogens with one attached hydrogen (secondary N) is 1. The molecule has 0 saturated heterocycles. The van der Waals surface area contributed by atoms with Gasteiger partial charge in [0.2, 0.25) is 0 Å². The molecule has 0 saturated carbocycles. The van der Waals surface area contributed by atoms with E-state index in [0.717, 1.165) is 11.3 Å². The highest BCUT2D eigenvalue weighted by Crippen LogP contribution is 2.20. The highest BCUT2D eigenvalue weighted by atomic mass is 19.3. The van der Waals surface area contributed by atoms with Crippen LogP contribution >= 0.6 is 0 Å².